The summed E-state index contributed by atoms with van der Waals surface area (Å²) in [4.78, 5) is 0. The van der Waals surface area contributed by atoms with Gasteiger partial charge in [0.05, 0.1) is 0 Å². The van der Waals surface area contributed by atoms with Crippen molar-refractivity contribution in [2.24, 2.45) is 17.4 Å². The SMILES string of the molecule is NC[C@@H]1C[C@@H]1N. The third-order valence-electron chi connectivity index (χ3n) is 1.28. The number of hydrogen-bond acceptors (Lipinski definition) is 2. The van der Waals surface area contributed by atoms with Gasteiger partial charge in [-0.15, -0.1) is 0 Å². The highest BCUT2D eigenvalue weighted by atomic mass is 14.8. The van der Waals surface area contributed by atoms with Crippen LogP contribution in [0.5, 0.6) is 0 Å². The molecule has 0 heterocycles. The third kappa shape index (κ3) is 0.533. The molecule has 0 saturated heterocycles. The van der Waals surface area contributed by atoms with Gasteiger partial charge in [-0.1, -0.05) is 0 Å². The van der Waals surface area contributed by atoms with E-state index in [0.717, 1.165) is 13.0 Å². The van der Waals surface area contributed by atoms with Crippen LogP contribution >= 0.6 is 0 Å². The zero-order valence-corrected chi connectivity index (χ0v) is 3.72. The van der Waals surface area contributed by atoms with Gasteiger partial charge in [-0.25, -0.2) is 0 Å². The van der Waals surface area contributed by atoms with Crippen molar-refractivity contribution in [3.63, 3.8) is 0 Å². The van der Waals surface area contributed by atoms with Crippen LogP contribution < -0.4 is 11.5 Å². The van der Waals surface area contributed by atoms with Gasteiger partial charge < -0.3 is 11.5 Å². The maximum atomic E-state index is 5.40. The minimum atomic E-state index is 0.440. The van der Waals surface area contributed by atoms with E-state index < -0.39 is 0 Å². The topological polar surface area (TPSA) is 52.0 Å². The Labute approximate surface area is 37.5 Å². The van der Waals surface area contributed by atoms with Crippen LogP contribution in [0.3, 0.4) is 0 Å². The molecule has 1 rings (SSSR count). The normalized spacial score (nSPS) is 43.0. The van der Waals surface area contributed by atoms with E-state index in [1.807, 2.05) is 0 Å². The van der Waals surface area contributed by atoms with Gasteiger partial charge in [0.15, 0.2) is 0 Å². The molecule has 2 nitrogen and oxygen atoms in total. The first kappa shape index (κ1) is 4.09. The second-order valence-electron chi connectivity index (χ2n) is 1.90. The van der Waals surface area contributed by atoms with E-state index in [9.17, 15) is 0 Å². The van der Waals surface area contributed by atoms with Gasteiger partial charge in [-0.05, 0) is 18.9 Å². The van der Waals surface area contributed by atoms with Crippen molar-refractivity contribution in [3.05, 3.63) is 0 Å². The van der Waals surface area contributed by atoms with Crippen molar-refractivity contribution in [3.8, 4) is 0 Å². The van der Waals surface area contributed by atoms with Crippen molar-refractivity contribution in [1.29, 1.82) is 0 Å². The second kappa shape index (κ2) is 1.21. The molecule has 0 radical (unpaired) electrons. The fourth-order valence-corrected chi connectivity index (χ4v) is 0.542. The number of rotatable bonds is 1. The van der Waals surface area contributed by atoms with Crippen molar-refractivity contribution in [1.82, 2.24) is 0 Å². The van der Waals surface area contributed by atoms with Gasteiger partial charge in [0.1, 0.15) is 0 Å². The maximum absolute atomic E-state index is 5.40. The van der Waals surface area contributed by atoms with Crippen LogP contribution in [0.1, 0.15) is 6.42 Å². The Balaban J connectivity index is 2.09. The summed E-state index contributed by atoms with van der Waals surface area (Å²) in [7, 11) is 0. The molecule has 0 aromatic rings. The van der Waals surface area contributed by atoms with Gasteiger partial charge in [-0.3, -0.25) is 0 Å². The van der Waals surface area contributed by atoms with Crippen LogP contribution in [0.2, 0.25) is 0 Å². The Bertz CT molecular complexity index is 51.5. The summed E-state index contributed by atoms with van der Waals surface area (Å²) in [5.41, 5.74) is 10.6. The molecule has 1 aliphatic carbocycles. The van der Waals surface area contributed by atoms with Gasteiger partial charge >= 0.3 is 0 Å². The first-order valence-corrected chi connectivity index (χ1v) is 2.30. The molecule has 0 aromatic heterocycles. The van der Waals surface area contributed by atoms with E-state index in [-0.39, 0.29) is 0 Å². The van der Waals surface area contributed by atoms with E-state index in [1.54, 1.807) is 0 Å². The molecule has 2 heteroatoms. The average molecular weight is 86.1 g/mol. The van der Waals surface area contributed by atoms with Crippen molar-refractivity contribution >= 4 is 0 Å². The summed E-state index contributed by atoms with van der Waals surface area (Å²) in [6.07, 6.45) is 1.15. The van der Waals surface area contributed by atoms with Crippen LogP contribution in [-0.4, -0.2) is 12.6 Å². The monoisotopic (exact) mass is 86.1 g/mol. The van der Waals surface area contributed by atoms with Gasteiger partial charge in [-0.2, -0.15) is 0 Å². The molecule has 0 aromatic carbocycles. The Morgan fingerprint density at radius 2 is 2.17 bits per heavy atom. The van der Waals surface area contributed by atoms with Crippen LogP contribution in [0.4, 0.5) is 0 Å². The molecule has 1 aliphatic rings. The Morgan fingerprint density at radius 1 is 1.67 bits per heavy atom. The minimum absolute atomic E-state index is 0.440. The molecule has 36 valence electrons. The van der Waals surface area contributed by atoms with Crippen molar-refractivity contribution in [2.45, 2.75) is 12.5 Å². The Morgan fingerprint density at radius 3 is 2.17 bits per heavy atom. The summed E-state index contributed by atoms with van der Waals surface area (Å²) in [6.45, 7) is 0.779. The lowest BCUT2D eigenvalue weighted by molar-refractivity contribution is 0.801. The first-order chi connectivity index (χ1) is 2.84. The molecule has 1 saturated carbocycles. The summed E-state index contributed by atoms with van der Waals surface area (Å²) < 4.78 is 0. The summed E-state index contributed by atoms with van der Waals surface area (Å²) in [6, 6.07) is 0.440. The van der Waals surface area contributed by atoms with Gasteiger partial charge in [0, 0.05) is 6.04 Å². The zero-order valence-electron chi connectivity index (χ0n) is 3.72. The van der Waals surface area contributed by atoms with E-state index in [4.69, 9.17) is 11.5 Å². The molecule has 0 aliphatic heterocycles. The largest absolute Gasteiger partial charge is 0.330 e. The lowest BCUT2D eigenvalue weighted by Gasteiger charge is -1.80. The summed E-state index contributed by atoms with van der Waals surface area (Å²) in [5, 5.41) is 0. The smallest absolute Gasteiger partial charge is 0.00834 e. The predicted octanol–water partition coefficient (Wildman–Crippen LogP) is -0.708. The molecule has 4 N–H and O–H groups in total. The van der Waals surface area contributed by atoms with E-state index in [1.165, 1.54) is 0 Å². The van der Waals surface area contributed by atoms with Crippen LogP contribution in [0.25, 0.3) is 0 Å². The highest BCUT2D eigenvalue weighted by molar-refractivity contribution is 4.90. The van der Waals surface area contributed by atoms with Crippen molar-refractivity contribution in [2.75, 3.05) is 6.54 Å². The molecule has 6 heavy (non-hydrogen) atoms. The number of hydrogen-bond donors (Lipinski definition) is 2. The average Bonchev–Trinajstić information content (AvgIpc) is 2.19. The quantitative estimate of drug-likeness (QED) is 0.443. The molecule has 0 spiro atoms. The van der Waals surface area contributed by atoms with Crippen LogP contribution in [0, 0.1) is 5.92 Å². The van der Waals surface area contributed by atoms with Crippen LogP contribution in [-0.2, 0) is 0 Å². The molecule has 0 unspecified atom stereocenters. The summed E-state index contributed by atoms with van der Waals surface area (Å²) in [5.74, 6) is 0.657. The molecule has 0 bridgehead atoms. The standard InChI is InChI=1S/C4H10N2/c5-2-3-1-4(3)6/h3-4H,1-2,5-6H2/t3-,4-/m0/s1. The third-order valence-corrected chi connectivity index (χ3v) is 1.28. The minimum Gasteiger partial charge on any atom is -0.330 e. The summed E-state index contributed by atoms with van der Waals surface area (Å²) >= 11 is 0. The highest BCUT2D eigenvalue weighted by Crippen LogP contribution is 2.25. The van der Waals surface area contributed by atoms with Gasteiger partial charge in [0.25, 0.3) is 0 Å². The van der Waals surface area contributed by atoms with E-state index in [0.29, 0.717) is 12.0 Å². The fourth-order valence-electron chi connectivity index (χ4n) is 0.542. The molecule has 0 amide bonds. The fraction of sp³-hybridized carbons (Fsp3) is 1.00. The lowest BCUT2D eigenvalue weighted by atomic mass is 10.4. The first-order valence-electron chi connectivity index (χ1n) is 2.30. The predicted molar refractivity (Wildman–Crippen MR) is 25.1 cm³/mol. The van der Waals surface area contributed by atoms with Gasteiger partial charge in [0.2, 0.25) is 0 Å². The van der Waals surface area contributed by atoms with E-state index in [2.05, 4.69) is 0 Å². The Hall–Kier alpha value is -0.0800. The second-order valence-corrected chi connectivity index (χ2v) is 1.90. The maximum Gasteiger partial charge on any atom is 0.00834 e. The van der Waals surface area contributed by atoms with Crippen molar-refractivity contribution < 1.29 is 0 Å². The number of nitrogens with two attached hydrogens (primary N) is 2. The Kier molecular flexibility index (Phi) is 0.821. The molecule has 1 fully saturated rings. The zero-order chi connectivity index (χ0) is 4.57. The lowest BCUT2D eigenvalue weighted by Crippen LogP contribution is -2.09. The molecular formula is C4H10N2. The highest BCUT2D eigenvalue weighted by Gasteiger charge is 2.31. The molecular weight excluding hydrogens is 76.1 g/mol. The van der Waals surface area contributed by atoms with Crippen LogP contribution in [0.15, 0.2) is 0 Å². The van der Waals surface area contributed by atoms with E-state index >= 15 is 0 Å². The molecule has 2 atom stereocenters.